The predicted molar refractivity (Wildman–Crippen MR) is 69.7 cm³/mol. The van der Waals surface area contributed by atoms with Gasteiger partial charge in [0.25, 0.3) is 0 Å². The highest BCUT2D eigenvalue weighted by Gasteiger charge is 2.09. The van der Waals surface area contributed by atoms with E-state index in [1.165, 1.54) is 16.2 Å². The Bertz CT molecular complexity index is 422. The van der Waals surface area contributed by atoms with Gasteiger partial charge in [-0.25, -0.2) is 0 Å². The minimum Gasteiger partial charge on any atom is -0.0859 e. The molecule has 0 aliphatic heterocycles. The first-order valence-corrected chi connectivity index (χ1v) is 7.09. The summed E-state index contributed by atoms with van der Waals surface area (Å²) in [5.74, 6) is 0. The van der Waals surface area contributed by atoms with Crippen molar-refractivity contribution in [1.82, 2.24) is 0 Å². The Morgan fingerprint density at radius 1 is 0.800 bits per heavy atom. The van der Waals surface area contributed by atoms with Gasteiger partial charge in [-0.15, -0.1) is 0 Å². The average Bonchev–Trinajstić information content (AvgIpc) is 2.30. The summed E-state index contributed by atoms with van der Waals surface area (Å²) in [6.07, 6.45) is 0. The van der Waals surface area contributed by atoms with E-state index in [2.05, 4.69) is 43.3 Å². The van der Waals surface area contributed by atoms with E-state index < -0.39 is 7.27 Å². The van der Waals surface area contributed by atoms with Gasteiger partial charge in [-0.2, -0.15) is 0 Å². The van der Waals surface area contributed by atoms with E-state index in [1.807, 2.05) is 18.2 Å². The van der Waals surface area contributed by atoms with E-state index >= 15 is 0 Å². The van der Waals surface area contributed by atoms with Crippen LogP contribution in [0.1, 0.15) is 5.56 Å². The van der Waals surface area contributed by atoms with Crippen molar-refractivity contribution in [2.45, 2.75) is 6.92 Å². The van der Waals surface area contributed by atoms with Gasteiger partial charge in [0, 0.05) is 0 Å². The van der Waals surface area contributed by atoms with E-state index in [4.69, 9.17) is 11.2 Å². The Hall–Kier alpha value is -0.840. The molecule has 0 heterocycles. The highest BCUT2D eigenvalue weighted by atomic mass is 35.7. The lowest BCUT2D eigenvalue weighted by Gasteiger charge is -2.09. The Morgan fingerprint density at radius 2 is 1.33 bits per heavy atom. The summed E-state index contributed by atoms with van der Waals surface area (Å²) in [5, 5.41) is 2.42. The Labute approximate surface area is 96.4 Å². The third kappa shape index (κ3) is 2.59. The largest absolute Gasteiger partial charge is 0.0859 e. The van der Waals surface area contributed by atoms with Crippen molar-refractivity contribution in [3.63, 3.8) is 0 Å². The summed E-state index contributed by atoms with van der Waals surface area (Å²) in [7, 11) is -0.711. The standard InChI is InChI=1S/C13H12ClP/c1-11-7-9-13(10-8-11)15(14)12-5-3-2-4-6-12/h2-10H,1H3. The maximum Gasteiger partial charge on any atom is 0.0524 e. The fourth-order valence-corrected chi connectivity index (χ4v) is 3.20. The van der Waals surface area contributed by atoms with Crippen molar-refractivity contribution >= 4 is 29.1 Å². The van der Waals surface area contributed by atoms with Crippen LogP contribution in [-0.2, 0) is 0 Å². The molecule has 0 saturated heterocycles. The van der Waals surface area contributed by atoms with Crippen molar-refractivity contribution in [3.05, 3.63) is 60.2 Å². The maximum atomic E-state index is 6.45. The number of hydrogen-bond acceptors (Lipinski definition) is 0. The molecule has 0 nitrogen and oxygen atoms in total. The zero-order valence-corrected chi connectivity index (χ0v) is 10.2. The molecule has 2 aromatic rings. The van der Waals surface area contributed by atoms with Crippen LogP contribution in [0.5, 0.6) is 0 Å². The molecular weight excluding hydrogens is 223 g/mol. The third-order valence-corrected chi connectivity index (χ3v) is 4.92. The first kappa shape index (κ1) is 10.7. The molecule has 0 aromatic heterocycles. The minimum absolute atomic E-state index is 0.711. The molecule has 0 saturated carbocycles. The van der Waals surface area contributed by atoms with Gasteiger partial charge >= 0.3 is 0 Å². The molecule has 15 heavy (non-hydrogen) atoms. The summed E-state index contributed by atoms with van der Waals surface area (Å²) in [6, 6.07) is 18.7. The van der Waals surface area contributed by atoms with E-state index in [-0.39, 0.29) is 0 Å². The summed E-state index contributed by atoms with van der Waals surface area (Å²) < 4.78 is 0. The SMILES string of the molecule is Cc1ccc(P(Cl)c2ccccc2)cc1. The van der Waals surface area contributed by atoms with Crippen molar-refractivity contribution in [2.24, 2.45) is 0 Å². The molecule has 0 aliphatic rings. The van der Waals surface area contributed by atoms with Gasteiger partial charge < -0.3 is 0 Å². The quantitative estimate of drug-likeness (QED) is 0.697. The van der Waals surface area contributed by atoms with Gasteiger partial charge in [-0.05, 0) is 17.5 Å². The highest BCUT2D eigenvalue weighted by Crippen LogP contribution is 2.38. The second kappa shape index (κ2) is 4.79. The first-order valence-electron chi connectivity index (χ1n) is 4.85. The summed E-state index contributed by atoms with van der Waals surface area (Å²) in [6.45, 7) is 2.09. The van der Waals surface area contributed by atoms with Gasteiger partial charge in [0.2, 0.25) is 0 Å². The third-order valence-electron chi connectivity index (χ3n) is 2.24. The Kier molecular flexibility index (Phi) is 3.41. The first-order chi connectivity index (χ1) is 7.27. The lowest BCUT2D eigenvalue weighted by Crippen LogP contribution is -2.07. The number of aryl methyl sites for hydroxylation is 1. The van der Waals surface area contributed by atoms with Gasteiger partial charge in [-0.1, -0.05) is 71.4 Å². The van der Waals surface area contributed by atoms with Crippen LogP contribution in [0.2, 0.25) is 0 Å². The zero-order chi connectivity index (χ0) is 10.7. The summed E-state index contributed by atoms with van der Waals surface area (Å²) >= 11 is 6.45. The molecule has 76 valence electrons. The highest BCUT2D eigenvalue weighted by molar-refractivity contribution is 7.95. The molecule has 0 bridgehead atoms. The van der Waals surface area contributed by atoms with E-state index in [9.17, 15) is 0 Å². The monoisotopic (exact) mass is 234 g/mol. The molecule has 1 unspecified atom stereocenters. The minimum atomic E-state index is -0.711. The van der Waals surface area contributed by atoms with Crippen LogP contribution in [0.15, 0.2) is 54.6 Å². The van der Waals surface area contributed by atoms with Crippen LogP contribution >= 0.6 is 18.5 Å². The molecule has 0 N–H and O–H groups in total. The molecule has 2 heteroatoms. The van der Waals surface area contributed by atoms with Crippen molar-refractivity contribution in [1.29, 1.82) is 0 Å². The second-order valence-electron chi connectivity index (χ2n) is 3.45. The molecule has 2 rings (SSSR count). The molecule has 0 spiro atoms. The number of benzene rings is 2. The van der Waals surface area contributed by atoms with Gasteiger partial charge in [0.05, 0.1) is 7.27 Å². The smallest absolute Gasteiger partial charge is 0.0524 e. The number of halogens is 1. The zero-order valence-electron chi connectivity index (χ0n) is 8.52. The van der Waals surface area contributed by atoms with Gasteiger partial charge in [0.15, 0.2) is 0 Å². The van der Waals surface area contributed by atoms with Gasteiger partial charge in [-0.3, -0.25) is 0 Å². The normalized spacial score (nSPS) is 12.4. The van der Waals surface area contributed by atoms with Crippen LogP contribution in [0, 0.1) is 6.92 Å². The molecule has 0 amide bonds. The van der Waals surface area contributed by atoms with E-state index in [1.54, 1.807) is 0 Å². The maximum absolute atomic E-state index is 6.45. The van der Waals surface area contributed by atoms with Gasteiger partial charge in [0.1, 0.15) is 0 Å². The molecule has 0 radical (unpaired) electrons. The topological polar surface area (TPSA) is 0 Å². The average molecular weight is 235 g/mol. The molecule has 1 atom stereocenters. The second-order valence-corrected chi connectivity index (χ2v) is 6.06. The number of hydrogen-bond donors (Lipinski definition) is 0. The molecular formula is C13H12ClP. The van der Waals surface area contributed by atoms with E-state index in [0.29, 0.717) is 0 Å². The van der Waals surface area contributed by atoms with Crippen LogP contribution < -0.4 is 10.6 Å². The lowest BCUT2D eigenvalue weighted by molar-refractivity contribution is 1.49. The fourth-order valence-electron chi connectivity index (χ4n) is 1.38. The Balaban J connectivity index is 2.29. The molecule has 2 aromatic carbocycles. The molecule has 0 aliphatic carbocycles. The van der Waals surface area contributed by atoms with Crippen molar-refractivity contribution < 1.29 is 0 Å². The fraction of sp³-hybridized carbons (Fsp3) is 0.0769. The predicted octanol–water partition coefficient (Wildman–Crippen LogP) is 3.58. The molecule has 0 fully saturated rings. The van der Waals surface area contributed by atoms with Crippen LogP contribution in [-0.4, -0.2) is 0 Å². The van der Waals surface area contributed by atoms with Crippen molar-refractivity contribution in [2.75, 3.05) is 0 Å². The van der Waals surface area contributed by atoms with E-state index in [0.717, 1.165) is 0 Å². The van der Waals surface area contributed by atoms with Crippen LogP contribution in [0.4, 0.5) is 0 Å². The summed E-state index contributed by atoms with van der Waals surface area (Å²) in [4.78, 5) is 0. The van der Waals surface area contributed by atoms with Crippen LogP contribution in [0.3, 0.4) is 0 Å². The number of rotatable bonds is 2. The summed E-state index contributed by atoms with van der Waals surface area (Å²) in [5.41, 5.74) is 1.27. The van der Waals surface area contributed by atoms with Crippen molar-refractivity contribution in [3.8, 4) is 0 Å². The Morgan fingerprint density at radius 3 is 1.93 bits per heavy atom. The lowest BCUT2D eigenvalue weighted by atomic mass is 10.2. The van der Waals surface area contributed by atoms with Crippen LogP contribution in [0.25, 0.3) is 0 Å².